The lowest BCUT2D eigenvalue weighted by molar-refractivity contribution is -0.116. The first-order chi connectivity index (χ1) is 11.6. The van der Waals surface area contributed by atoms with Crippen LogP contribution < -0.4 is 14.8 Å². The summed E-state index contributed by atoms with van der Waals surface area (Å²) >= 11 is 1.39. The Labute approximate surface area is 145 Å². The Morgan fingerprint density at radius 2 is 1.88 bits per heavy atom. The third-order valence-electron chi connectivity index (χ3n) is 3.21. The zero-order chi connectivity index (χ0) is 17.4. The fourth-order valence-electron chi connectivity index (χ4n) is 2.14. The molecule has 0 aliphatic rings. The van der Waals surface area contributed by atoms with Gasteiger partial charge in [-0.25, -0.2) is 0 Å². The number of anilines is 1. The summed E-state index contributed by atoms with van der Waals surface area (Å²) in [5.41, 5.74) is 0.552. The van der Waals surface area contributed by atoms with Gasteiger partial charge in [-0.1, -0.05) is 6.07 Å². The molecule has 0 bridgehead atoms. The number of hydrogen-bond donors (Lipinski definition) is 1. The first-order valence-corrected chi connectivity index (χ1v) is 8.78. The van der Waals surface area contributed by atoms with E-state index in [1.807, 2.05) is 25.3 Å². The Kier molecular flexibility index (Phi) is 6.81. The van der Waals surface area contributed by atoms with Crippen molar-refractivity contribution in [2.75, 3.05) is 18.5 Å². The van der Waals surface area contributed by atoms with Crippen LogP contribution in [0.5, 0.6) is 11.5 Å². The fourth-order valence-corrected chi connectivity index (χ4v) is 2.84. The molecule has 0 radical (unpaired) electrons. The van der Waals surface area contributed by atoms with E-state index in [1.54, 1.807) is 24.3 Å². The summed E-state index contributed by atoms with van der Waals surface area (Å²) in [5, 5.41) is 4.65. The van der Waals surface area contributed by atoms with Gasteiger partial charge in [-0.3, -0.25) is 9.59 Å². The van der Waals surface area contributed by atoms with Gasteiger partial charge in [0.2, 0.25) is 5.91 Å². The number of thiophene rings is 1. The van der Waals surface area contributed by atoms with Crippen LogP contribution in [0.4, 0.5) is 5.69 Å². The maximum Gasteiger partial charge on any atom is 0.224 e. The van der Waals surface area contributed by atoms with Gasteiger partial charge >= 0.3 is 0 Å². The smallest absolute Gasteiger partial charge is 0.224 e. The van der Waals surface area contributed by atoms with E-state index in [9.17, 15) is 9.59 Å². The van der Waals surface area contributed by atoms with E-state index in [2.05, 4.69) is 5.32 Å². The van der Waals surface area contributed by atoms with Gasteiger partial charge in [-0.05, 0) is 37.4 Å². The lowest BCUT2D eigenvalue weighted by Crippen LogP contribution is -2.14. The molecule has 0 saturated carbocycles. The molecular formula is C18H21NO4S. The summed E-state index contributed by atoms with van der Waals surface area (Å²) in [6.45, 7) is 4.80. The Morgan fingerprint density at radius 1 is 1.08 bits per heavy atom. The minimum absolute atomic E-state index is 0.0201. The Bertz CT molecular complexity index is 682. The third-order valence-corrected chi connectivity index (χ3v) is 4.12. The first-order valence-electron chi connectivity index (χ1n) is 7.90. The quantitative estimate of drug-likeness (QED) is 0.692. The van der Waals surface area contributed by atoms with E-state index in [0.717, 1.165) is 0 Å². The Morgan fingerprint density at radius 3 is 2.54 bits per heavy atom. The number of nitrogens with one attached hydrogen (secondary N) is 1. The van der Waals surface area contributed by atoms with Crippen molar-refractivity contribution in [3.8, 4) is 11.5 Å². The molecule has 0 unspecified atom stereocenters. The lowest BCUT2D eigenvalue weighted by Gasteiger charge is -2.13. The van der Waals surface area contributed by atoms with Gasteiger partial charge in [-0.2, -0.15) is 0 Å². The second-order valence-corrected chi connectivity index (χ2v) is 5.92. The number of ketones is 1. The number of carbonyl (C=O) groups excluding carboxylic acids is 2. The normalized spacial score (nSPS) is 10.2. The molecule has 2 rings (SSSR count). The highest BCUT2D eigenvalue weighted by atomic mass is 32.1. The maximum absolute atomic E-state index is 12.2. The minimum Gasteiger partial charge on any atom is -0.494 e. The molecule has 24 heavy (non-hydrogen) atoms. The number of carbonyl (C=O) groups is 2. The van der Waals surface area contributed by atoms with Gasteiger partial charge in [0.1, 0.15) is 11.5 Å². The van der Waals surface area contributed by atoms with Crippen molar-refractivity contribution in [3.63, 3.8) is 0 Å². The average Bonchev–Trinajstić information content (AvgIpc) is 3.10. The van der Waals surface area contributed by atoms with E-state index in [4.69, 9.17) is 9.47 Å². The molecule has 1 aromatic heterocycles. The molecule has 1 amide bonds. The second-order valence-electron chi connectivity index (χ2n) is 4.97. The van der Waals surface area contributed by atoms with Crippen LogP contribution in [0.1, 0.15) is 36.4 Å². The van der Waals surface area contributed by atoms with Crippen LogP contribution in [0, 0.1) is 0 Å². The summed E-state index contributed by atoms with van der Waals surface area (Å²) < 4.78 is 11.0. The number of ether oxygens (including phenoxy) is 2. The standard InChI is InChI=1S/C18H21NO4S/c1-3-22-13-7-9-16(23-4-2)14(12-13)19-18(21)10-8-15(20)17-6-5-11-24-17/h5-7,9,11-12H,3-4,8,10H2,1-2H3,(H,19,21). The van der Waals surface area contributed by atoms with Gasteiger partial charge in [-0.15, -0.1) is 11.3 Å². The molecule has 0 spiro atoms. The molecule has 6 heteroatoms. The predicted octanol–water partition coefficient (Wildman–Crippen LogP) is 4.15. The number of Topliss-reactive ketones (excluding diaryl/α,β-unsaturated/α-hetero) is 1. The molecule has 128 valence electrons. The van der Waals surface area contributed by atoms with Crippen LogP contribution in [0.25, 0.3) is 0 Å². The summed E-state index contributed by atoms with van der Waals surface area (Å²) in [7, 11) is 0. The summed E-state index contributed by atoms with van der Waals surface area (Å²) in [5.74, 6) is 0.993. The molecule has 0 aliphatic carbocycles. The van der Waals surface area contributed by atoms with Gasteiger partial charge in [0, 0.05) is 18.9 Å². The number of rotatable bonds is 9. The summed E-state index contributed by atoms with van der Waals surface area (Å²) in [4.78, 5) is 24.8. The highest BCUT2D eigenvalue weighted by Gasteiger charge is 2.13. The van der Waals surface area contributed by atoms with Gasteiger partial charge in [0.05, 0.1) is 23.8 Å². The Balaban J connectivity index is 1.98. The molecule has 1 aromatic carbocycles. The maximum atomic E-state index is 12.2. The molecule has 1 heterocycles. The SMILES string of the molecule is CCOc1ccc(OCC)c(NC(=O)CCC(=O)c2cccs2)c1. The van der Waals surface area contributed by atoms with Gasteiger partial charge < -0.3 is 14.8 Å². The van der Waals surface area contributed by atoms with Gasteiger partial charge in [0.25, 0.3) is 0 Å². The van der Waals surface area contributed by atoms with E-state index in [0.29, 0.717) is 35.3 Å². The van der Waals surface area contributed by atoms with Crippen molar-refractivity contribution in [2.45, 2.75) is 26.7 Å². The van der Waals surface area contributed by atoms with Crippen LogP contribution >= 0.6 is 11.3 Å². The topological polar surface area (TPSA) is 64.6 Å². The molecule has 0 saturated heterocycles. The molecule has 0 aliphatic heterocycles. The molecular weight excluding hydrogens is 326 g/mol. The second kappa shape index (κ2) is 9.08. The highest BCUT2D eigenvalue weighted by Crippen LogP contribution is 2.29. The number of benzene rings is 1. The molecule has 1 N–H and O–H groups in total. The minimum atomic E-state index is -0.227. The molecule has 0 atom stereocenters. The van der Waals surface area contributed by atoms with E-state index >= 15 is 0 Å². The third kappa shape index (κ3) is 5.09. The monoisotopic (exact) mass is 347 g/mol. The van der Waals surface area contributed by atoms with E-state index < -0.39 is 0 Å². The van der Waals surface area contributed by atoms with Crippen molar-refractivity contribution in [3.05, 3.63) is 40.6 Å². The van der Waals surface area contributed by atoms with Crippen LogP contribution in [-0.4, -0.2) is 24.9 Å². The first kappa shape index (κ1) is 18.0. The van der Waals surface area contributed by atoms with Gasteiger partial charge in [0.15, 0.2) is 5.78 Å². The Hall–Kier alpha value is -2.34. The van der Waals surface area contributed by atoms with E-state index in [-0.39, 0.29) is 24.5 Å². The van der Waals surface area contributed by atoms with Crippen LogP contribution in [0.2, 0.25) is 0 Å². The lowest BCUT2D eigenvalue weighted by atomic mass is 10.2. The molecule has 5 nitrogen and oxygen atoms in total. The molecule has 2 aromatic rings. The zero-order valence-corrected chi connectivity index (χ0v) is 14.7. The number of hydrogen-bond acceptors (Lipinski definition) is 5. The van der Waals surface area contributed by atoms with Crippen molar-refractivity contribution in [1.82, 2.24) is 0 Å². The zero-order valence-electron chi connectivity index (χ0n) is 13.8. The van der Waals surface area contributed by atoms with Crippen LogP contribution in [-0.2, 0) is 4.79 Å². The predicted molar refractivity (Wildman–Crippen MR) is 95.3 cm³/mol. The highest BCUT2D eigenvalue weighted by molar-refractivity contribution is 7.12. The number of amides is 1. The van der Waals surface area contributed by atoms with Crippen LogP contribution in [0.3, 0.4) is 0 Å². The van der Waals surface area contributed by atoms with Crippen molar-refractivity contribution < 1.29 is 19.1 Å². The fraction of sp³-hybridized carbons (Fsp3) is 0.333. The largest absolute Gasteiger partial charge is 0.494 e. The van der Waals surface area contributed by atoms with Crippen molar-refractivity contribution >= 4 is 28.7 Å². The van der Waals surface area contributed by atoms with Crippen molar-refractivity contribution in [2.24, 2.45) is 0 Å². The summed E-state index contributed by atoms with van der Waals surface area (Å²) in [6.07, 6.45) is 0.308. The van der Waals surface area contributed by atoms with E-state index in [1.165, 1.54) is 11.3 Å². The molecule has 0 fully saturated rings. The summed E-state index contributed by atoms with van der Waals surface area (Å²) in [6, 6.07) is 8.88. The average molecular weight is 347 g/mol. The van der Waals surface area contributed by atoms with Crippen LogP contribution in [0.15, 0.2) is 35.7 Å². The van der Waals surface area contributed by atoms with Crippen molar-refractivity contribution in [1.29, 1.82) is 0 Å².